The second-order valence-corrected chi connectivity index (χ2v) is 7.16. The van der Waals surface area contributed by atoms with Crippen molar-refractivity contribution in [2.45, 2.75) is 20.4 Å². The fourth-order valence-corrected chi connectivity index (χ4v) is 3.70. The standard InChI is InChI=1S/C22H24N6/c1-15-17(13-23)4-3-5-18(15)14-25-22-21-12-19(28-10-8-24-9-11-28)6-7-20(21)16(2)26-27-22/h3-7,12,24H,8-11,14H2,1-2H3,(H,25,27). The van der Waals surface area contributed by atoms with E-state index in [1.165, 1.54) is 5.69 Å². The van der Waals surface area contributed by atoms with Crippen LogP contribution >= 0.6 is 0 Å². The van der Waals surface area contributed by atoms with E-state index in [2.05, 4.69) is 50.0 Å². The van der Waals surface area contributed by atoms with Crippen molar-refractivity contribution in [2.24, 2.45) is 0 Å². The molecule has 0 atom stereocenters. The summed E-state index contributed by atoms with van der Waals surface area (Å²) in [5, 5.41) is 27.0. The van der Waals surface area contributed by atoms with E-state index in [0.717, 1.165) is 59.6 Å². The van der Waals surface area contributed by atoms with Gasteiger partial charge in [0.15, 0.2) is 5.82 Å². The van der Waals surface area contributed by atoms with Crippen LogP contribution in [0.15, 0.2) is 36.4 Å². The monoisotopic (exact) mass is 372 g/mol. The summed E-state index contributed by atoms with van der Waals surface area (Å²) in [4.78, 5) is 2.40. The molecule has 1 aliphatic heterocycles. The third-order valence-electron chi connectivity index (χ3n) is 5.44. The highest BCUT2D eigenvalue weighted by Gasteiger charge is 2.14. The number of benzene rings is 2. The van der Waals surface area contributed by atoms with Gasteiger partial charge in [-0.05, 0) is 43.2 Å². The lowest BCUT2D eigenvalue weighted by molar-refractivity contribution is 0.589. The van der Waals surface area contributed by atoms with Crippen molar-refractivity contribution < 1.29 is 0 Å². The lowest BCUT2D eigenvalue weighted by Gasteiger charge is -2.29. The molecule has 0 amide bonds. The molecule has 1 aromatic heterocycles. The van der Waals surface area contributed by atoms with E-state index in [1.807, 2.05) is 32.0 Å². The van der Waals surface area contributed by atoms with E-state index < -0.39 is 0 Å². The second kappa shape index (κ2) is 7.83. The molecule has 0 spiro atoms. The van der Waals surface area contributed by atoms with Crippen molar-refractivity contribution in [3.8, 4) is 6.07 Å². The van der Waals surface area contributed by atoms with E-state index in [4.69, 9.17) is 0 Å². The molecular formula is C22H24N6. The Kier molecular flexibility index (Phi) is 5.09. The number of hydrogen-bond acceptors (Lipinski definition) is 6. The summed E-state index contributed by atoms with van der Waals surface area (Å²) in [6, 6.07) is 14.6. The number of nitrogens with one attached hydrogen (secondary N) is 2. The van der Waals surface area contributed by atoms with Crippen LogP contribution in [-0.2, 0) is 6.54 Å². The molecule has 1 saturated heterocycles. The Morgan fingerprint density at radius 2 is 1.93 bits per heavy atom. The summed E-state index contributed by atoms with van der Waals surface area (Å²) in [5.74, 6) is 0.777. The van der Waals surface area contributed by atoms with Crippen LogP contribution in [0, 0.1) is 25.2 Å². The Morgan fingerprint density at radius 3 is 2.71 bits per heavy atom. The first-order valence-corrected chi connectivity index (χ1v) is 9.62. The van der Waals surface area contributed by atoms with Crippen molar-refractivity contribution in [1.29, 1.82) is 5.26 Å². The van der Waals surface area contributed by atoms with Crippen LogP contribution in [0.4, 0.5) is 11.5 Å². The van der Waals surface area contributed by atoms with Crippen LogP contribution in [0.5, 0.6) is 0 Å². The second-order valence-electron chi connectivity index (χ2n) is 7.16. The van der Waals surface area contributed by atoms with Gasteiger partial charge in [0.1, 0.15) is 0 Å². The molecule has 1 fully saturated rings. The van der Waals surface area contributed by atoms with Crippen LogP contribution in [0.1, 0.15) is 22.4 Å². The topological polar surface area (TPSA) is 76.9 Å². The third kappa shape index (κ3) is 3.49. The lowest BCUT2D eigenvalue weighted by Crippen LogP contribution is -2.43. The Labute approximate surface area is 165 Å². The highest BCUT2D eigenvalue weighted by atomic mass is 15.2. The summed E-state index contributed by atoms with van der Waals surface area (Å²) >= 11 is 0. The van der Waals surface area contributed by atoms with Gasteiger partial charge in [-0.2, -0.15) is 10.4 Å². The van der Waals surface area contributed by atoms with Crippen LogP contribution in [0.25, 0.3) is 10.8 Å². The van der Waals surface area contributed by atoms with Crippen LogP contribution in [0.2, 0.25) is 0 Å². The maximum atomic E-state index is 9.25. The van der Waals surface area contributed by atoms with Gasteiger partial charge >= 0.3 is 0 Å². The van der Waals surface area contributed by atoms with E-state index in [-0.39, 0.29) is 0 Å². The largest absolute Gasteiger partial charge is 0.369 e. The van der Waals surface area contributed by atoms with Gasteiger partial charge in [-0.25, -0.2) is 0 Å². The van der Waals surface area contributed by atoms with Crippen molar-refractivity contribution in [3.63, 3.8) is 0 Å². The number of rotatable bonds is 4. The van der Waals surface area contributed by atoms with E-state index in [1.54, 1.807) is 0 Å². The average molecular weight is 372 g/mol. The van der Waals surface area contributed by atoms with Gasteiger partial charge in [0, 0.05) is 49.2 Å². The maximum absolute atomic E-state index is 9.25. The molecule has 0 unspecified atom stereocenters. The Balaban J connectivity index is 1.66. The molecule has 28 heavy (non-hydrogen) atoms. The predicted octanol–water partition coefficient (Wildman–Crippen LogP) is 3.14. The molecule has 142 valence electrons. The summed E-state index contributed by atoms with van der Waals surface area (Å²) in [7, 11) is 0. The molecule has 2 aromatic carbocycles. The normalized spacial score (nSPS) is 14.1. The van der Waals surface area contributed by atoms with E-state index in [0.29, 0.717) is 12.1 Å². The molecule has 4 rings (SSSR count). The minimum atomic E-state index is 0.603. The van der Waals surface area contributed by atoms with Crippen molar-refractivity contribution in [1.82, 2.24) is 15.5 Å². The highest BCUT2D eigenvalue weighted by Crippen LogP contribution is 2.28. The van der Waals surface area contributed by atoms with E-state index in [9.17, 15) is 5.26 Å². The third-order valence-corrected chi connectivity index (χ3v) is 5.44. The smallest absolute Gasteiger partial charge is 0.156 e. The molecule has 1 aliphatic rings. The van der Waals surface area contributed by atoms with Gasteiger partial charge in [0.2, 0.25) is 0 Å². The molecule has 2 heterocycles. The van der Waals surface area contributed by atoms with Gasteiger partial charge in [0.05, 0.1) is 17.3 Å². The zero-order valence-corrected chi connectivity index (χ0v) is 16.3. The highest BCUT2D eigenvalue weighted by molar-refractivity contribution is 5.95. The molecule has 6 heteroatoms. The first-order valence-electron chi connectivity index (χ1n) is 9.62. The zero-order valence-electron chi connectivity index (χ0n) is 16.3. The van der Waals surface area contributed by atoms with Crippen molar-refractivity contribution in [2.75, 3.05) is 36.4 Å². The van der Waals surface area contributed by atoms with Gasteiger partial charge in [-0.3, -0.25) is 0 Å². The molecule has 6 nitrogen and oxygen atoms in total. The van der Waals surface area contributed by atoms with Crippen LogP contribution in [-0.4, -0.2) is 36.4 Å². The molecule has 0 aliphatic carbocycles. The SMILES string of the molecule is Cc1c(C#N)cccc1CNc1nnc(C)c2ccc(N3CCNCC3)cc12. The number of anilines is 2. The minimum Gasteiger partial charge on any atom is -0.369 e. The molecule has 0 radical (unpaired) electrons. The molecule has 3 aromatic rings. The quantitative estimate of drug-likeness (QED) is 0.733. The van der Waals surface area contributed by atoms with Crippen LogP contribution < -0.4 is 15.5 Å². The molecule has 2 N–H and O–H groups in total. The first-order chi connectivity index (χ1) is 13.7. The van der Waals surface area contributed by atoms with E-state index >= 15 is 0 Å². The summed E-state index contributed by atoms with van der Waals surface area (Å²) < 4.78 is 0. The minimum absolute atomic E-state index is 0.603. The average Bonchev–Trinajstić information content (AvgIpc) is 2.74. The Bertz CT molecular complexity index is 1050. The fraction of sp³-hybridized carbons (Fsp3) is 0.318. The lowest BCUT2D eigenvalue weighted by atomic mass is 10.0. The van der Waals surface area contributed by atoms with Gasteiger partial charge in [-0.15, -0.1) is 5.10 Å². The number of fused-ring (bicyclic) bond motifs is 1. The van der Waals surface area contributed by atoms with Crippen molar-refractivity contribution >= 4 is 22.3 Å². The van der Waals surface area contributed by atoms with Crippen molar-refractivity contribution in [3.05, 3.63) is 58.8 Å². The van der Waals surface area contributed by atoms with Gasteiger partial charge in [-0.1, -0.05) is 18.2 Å². The summed E-state index contributed by atoms with van der Waals surface area (Å²) in [5.41, 5.74) is 4.94. The Morgan fingerprint density at radius 1 is 1.11 bits per heavy atom. The molecular weight excluding hydrogens is 348 g/mol. The number of nitriles is 1. The summed E-state index contributed by atoms with van der Waals surface area (Å²) in [6.07, 6.45) is 0. The number of piperazine rings is 1. The molecule has 0 bridgehead atoms. The number of aromatic nitrogens is 2. The summed E-state index contributed by atoms with van der Waals surface area (Å²) in [6.45, 7) is 8.60. The zero-order chi connectivity index (χ0) is 19.5. The maximum Gasteiger partial charge on any atom is 0.156 e. The number of nitrogens with zero attached hydrogens (tertiary/aromatic N) is 4. The number of hydrogen-bond donors (Lipinski definition) is 2. The van der Waals surface area contributed by atoms with Crippen LogP contribution in [0.3, 0.4) is 0 Å². The van der Waals surface area contributed by atoms with Gasteiger partial charge in [0.25, 0.3) is 0 Å². The Hall–Kier alpha value is -3.17. The molecule has 0 saturated carbocycles. The number of aryl methyl sites for hydroxylation is 1. The fourth-order valence-electron chi connectivity index (χ4n) is 3.70. The first kappa shape index (κ1) is 18.2. The van der Waals surface area contributed by atoms with Gasteiger partial charge < -0.3 is 15.5 Å². The predicted molar refractivity (Wildman–Crippen MR) is 113 cm³/mol.